The van der Waals surface area contributed by atoms with Crippen molar-refractivity contribution in [1.82, 2.24) is 19.6 Å². The zero-order chi connectivity index (χ0) is 25.3. The number of halogens is 4. The molecule has 1 amide bonds. The Morgan fingerprint density at radius 2 is 1.72 bits per heavy atom. The van der Waals surface area contributed by atoms with E-state index in [1.165, 1.54) is 28.9 Å². The number of aromatic nitrogens is 2. The minimum Gasteiger partial charge on any atom is -0.379 e. The average molecular weight is 509 g/mol. The predicted octanol–water partition coefficient (Wildman–Crippen LogP) is 4.26. The van der Waals surface area contributed by atoms with Crippen LogP contribution in [0.2, 0.25) is 0 Å². The molecule has 3 aliphatic rings. The molecule has 3 heterocycles. The highest BCUT2D eigenvalue weighted by Gasteiger charge is 2.41. The number of fused-ring (bicyclic) bond motifs is 1. The molecule has 36 heavy (non-hydrogen) atoms. The summed E-state index contributed by atoms with van der Waals surface area (Å²) in [7, 11) is 0. The number of ether oxygens (including phenoxy) is 1. The third-order valence-corrected chi connectivity index (χ3v) is 7.85. The molecule has 6 nitrogen and oxygen atoms in total. The molecule has 2 fully saturated rings. The van der Waals surface area contributed by atoms with Gasteiger partial charge in [-0.15, -0.1) is 0 Å². The van der Waals surface area contributed by atoms with Gasteiger partial charge in [-0.3, -0.25) is 14.4 Å². The van der Waals surface area contributed by atoms with Crippen molar-refractivity contribution in [2.75, 3.05) is 32.8 Å². The largest absolute Gasteiger partial charge is 0.435 e. The number of rotatable bonds is 5. The second-order valence-electron chi connectivity index (χ2n) is 10.1. The van der Waals surface area contributed by atoms with Crippen molar-refractivity contribution < 1.29 is 27.1 Å². The maximum atomic E-state index is 13.7. The number of carbonyl (C=O) groups excluding carboxylic acids is 1. The molecule has 0 N–H and O–H groups in total. The van der Waals surface area contributed by atoms with E-state index in [1.807, 2.05) is 0 Å². The smallest absolute Gasteiger partial charge is 0.379 e. The Balaban J connectivity index is 1.24. The monoisotopic (exact) mass is 508 g/mol. The van der Waals surface area contributed by atoms with E-state index in [0.717, 1.165) is 52.0 Å². The summed E-state index contributed by atoms with van der Waals surface area (Å²) in [6.07, 6.45) is 0.125. The first-order valence-corrected chi connectivity index (χ1v) is 12.8. The first-order valence-electron chi connectivity index (χ1n) is 12.8. The summed E-state index contributed by atoms with van der Waals surface area (Å²) in [4.78, 5) is 17.3. The summed E-state index contributed by atoms with van der Waals surface area (Å²) >= 11 is 0. The molecule has 0 unspecified atom stereocenters. The second-order valence-corrected chi connectivity index (χ2v) is 10.1. The van der Waals surface area contributed by atoms with E-state index in [4.69, 9.17) is 4.74 Å². The topological polar surface area (TPSA) is 50.6 Å². The number of amides is 1. The highest BCUT2D eigenvalue weighted by molar-refractivity contribution is 5.76. The first kappa shape index (κ1) is 25.2. The van der Waals surface area contributed by atoms with Crippen LogP contribution in [0, 0.1) is 11.7 Å². The van der Waals surface area contributed by atoms with Crippen molar-refractivity contribution in [3.63, 3.8) is 0 Å². The van der Waals surface area contributed by atoms with E-state index in [9.17, 15) is 22.4 Å². The molecule has 2 aromatic rings. The van der Waals surface area contributed by atoms with Crippen molar-refractivity contribution in [3.05, 3.63) is 52.6 Å². The number of carbonyl (C=O) groups is 1. The molecule has 5 rings (SSSR count). The Labute approximate surface area is 208 Å². The summed E-state index contributed by atoms with van der Waals surface area (Å²) in [5, 5.41) is 3.89. The molecule has 0 spiro atoms. The van der Waals surface area contributed by atoms with Crippen molar-refractivity contribution >= 4 is 5.91 Å². The quantitative estimate of drug-likeness (QED) is 0.567. The lowest BCUT2D eigenvalue weighted by molar-refractivity contribution is -0.142. The summed E-state index contributed by atoms with van der Waals surface area (Å²) in [5.41, 5.74) is 0.353. The molecule has 2 aliphatic heterocycles. The van der Waals surface area contributed by atoms with Crippen molar-refractivity contribution in [1.29, 1.82) is 0 Å². The fourth-order valence-corrected chi connectivity index (χ4v) is 5.85. The number of morpholine rings is 1. The van der Waals surface area contributed by atoms with E-state index >= 15 is 0 Å². The van der Waals surface area contributed by atoms with Gasteiger partial charge in [0.05, 0.1) is 32.0 Å². The van der Waals surface area contributed by atoms with Gasteiger partial charge in [0.2, 0.25) is 5.91 Å². The van der Waals surface area contributed by atoms with Crippen LogP contribution in [-0.4, -0.2) is 64.4 Å². The van der Waals surface area contributed by atoms with Crippen LogP contribution in [0.15, 0.2) is 24.3 Å². The minimum atomic E-state index is -4.57. The average Bonchev–Trinajstić information content (AvgIpc) is 3.24. The van der Waals surface area contributed by atoms with Gasteiger partial charge in [0.1, 0.15) is 5.82 Å². The summed E-state index contributed by atoms with van der Waals surface area (Å²) in [6, 6.07) is 6.18. The van der Waals surface area contributed by atoms with Crippen LogP contribution >= 0.6 is 0 Å². The number of benzene rings is 1. The lowest BCUT2D eigenvalue weighted by Crippen LogP contribution is -2.45. The standard InChI is InChI=1S/C26H32F4N4O2/c27-20-5-1-19(2-6-20)16-34-23-17-33(10-9-22(23)25(31-34)26(28,29)30)24(35)15-18-3-7-21(8-4-18)32-11-13-36-14-12-32/h1-2,5-6,18,21H,3-4,7-17H2. The summed E-state index contributed by atoms with van der Waals surface area (Å²) in [5.74, 6) is -0.0995. The van der Waals surface area contributed by atoms with E-state index in [1.54, 1.807) is 4.90 Å². The van der Waals surface area contributed by atoms with Crippen LogP contribution in [0.3, 0.4) is 0 Å². The SMILES string of the molecule is O=C(CC1CCC(N2CCOCC2)CC1)N1CCc2c(C(F)(F)F)nn(Cc3ccc(F)cc3)c2C1. The van der Waals surface area contributed by atoms with Crippen LogP contribution < -0.4 is 0 Å². The zero-order valence-corrected chi connectivity index (χ0v) is 20.3. The first-order chi connectivity index (χ1) is 17.3. The number of nitrogens with zero attached hydrogens (tertiary/aromatic N) is 4. The van der Waals surface area contributed by atoms with Crippen LogP contribution in [0.25, 0.3) is 0 Å². The Morgan fingerprint density at radius 3 is 2.39 bits per heavy atom. The van der Waals surface area contributed by atoms with Gasteiger partial charge >= 0.3 is 6.18 Å². The molecule has 0 radical (unpaired) electrons. The molecule has 0 bridgehead atoms. The van der Waals surface area contributed by atoms with Gasteiger partial charge in [-0.05, 0) is 55.7 Å². The molecular weight excluding hydrogens is 476 g/mol. The van der Waals surface area contributed by atoms with Crippen LogP contribution in [0.5, 0.6) is 0 Å². The van der Waals surface area contributed by atoms with Gasteiger partial charge in [-0.2, -0.15) is 18.3 Å². The number of hydrogen-bond donors (Lipinski definition) is 0. The predicted molar refractivity (Wildman–Crippen MR) is 125 cm³/mol. The fourth-order valence-electron chi connectivity index (χ4n) is 5.85. The van der Waals surface area contributed by atoms with Crippen molar-refractivity contribution in [3.8, 4) is 0 Å². The van der Waals surface area contributed by atoms with E-state index < -0.39 is 17.7 Å². The van der Waals surface area contributed by atoms with Gasteiger partial charge in [-0.1, -0.05) is 12.1 Å². The minimum absolute atomic E-state index is 0.00133. The molecule has 1 aromatic carbocycles. The van der Waals surface area contributed by atoms with Crippen LogP contribution in [0.4, 0.5) is 17.6 Å². The molecule has 1 aliphatic carbocycles. The Hall–Kier alpha value is -2.46. The number of hydrogen-bond acceptors (Lipinski definition) is 4. The van der Waals surface area contributed by atoms with E-state index in [2.05, 4.69) is 10.00 Å². The maximum Gasteiger partial charge on any atom is 0.435 e. The Bertz CT molecular complexity index is 1060. The molecule has 196 valence electrons. The molecule has 10 heteroatoms. The highest BCUT2D eigenvalue weighted by atomic mass is 19.4. The lowest BCUT2D eigenvalue weighted by atomic mass is 9.83. The van der Waals surface area contributed by atoms with Gasteiger partial charge in [0, 0.05) is 37.7 Å². The van der Waals surface area contributed by atoms with Gasteiger partial charge < -0.3 is 9.64 Å². The van der Waals surface area contributed by atoms with Gasteiger partial charge in [0.25, 0.3) is 0 Å². The third kappa shape index (κ3) is 5.59. The Morgan fingerprint density at radius 1 is 1.03 bits per heavy atom. The molecule has 1 saturated heterocycles. The summed E-state index contributed by atoms with van der Waals surface area (Å²) < 4.78 is 61.2. The lowest BCUT2D eigenvalue weighted by Gasteiger charge is -2.39. The zero-order valence-electron chi connectivity index (χ0n) is 20.3. The van der Waals surface area contributed by atoms with E-state index in [-0.39, 0.29) is 37.5 Å². The molecule has 1 aromatic heterocycles. The van der Waals surface area contributed by atoms with Crippen LogP contribution in [-0.2, 0) is 35.2 Å². The van der Waals surface area contributed by atoms with Gasteiger partial charge in [-0.25, -0.2) is 4.39 Å². The fraction of sp³-hybridized carbons (Fsp3) is 0.615. The summed E-state index contributed by atoms with van der Waals surface area (Å²) in [6.45, 7) is 3.96. The van der Waals surface area contributed by atoms with Crippen molar-refractivity contribution in [2.24, 2.45) is 5.92 Å². The molecule has 0 atom stereocenters. The molecular formula is C26H32F4N4O2. The molecule has 1 saturated carbocycles. The van der Waals surface area contributed by atoms with Crippen LogP contribution in [0.1, 0.15) is 54.6 Å². The number of alkyl halides is 3. The van der Waals surface area contributed by atoms with E-state index in [0.29, 0.717) is 29.6 Å². The highest BCUT2D eigenvalue weighted by Crippen LogP contribution is 2.36. The second kappa shape index (κ2) is 10.5. The van der Waals surface area contributed by atoms with Gasteiger partial charge in [0.15, 0.2) is 5.69 Å². The normalized spacial score (nSPS) is 23.5. The third-order valence-electron chi connectivity index (χ3n) is 7.85. The van der Waals surface area contributed by atoms with Crippen molar-refractivity contribution in [2.45, 2.75) is 63.8 Å². The maximum absolute atomic E-state index is 13.7. The Kier molecular flexibility index (Phi) is 7.35.